The van der Waals surface area contributed by atoms with Crippen molar-refractivity contribution in [3.63, 3.8) is 0 Å². The van der Waals surface area contributed by atoms with E-state index >= 15 is 0 Å². The predicted molar refractivity (Wildman–Crippen MR) is 66.6 cm³/mol. The maximum Gasteiger partial charge on any atom is 0.416 e. The highest BCUT2D eigenvalue weighted by Crippen LogP contribution is 2.33. The number of halogens is 3. The van der Waals surface area contributed by atoms with E-state index in [2.05, 4.69) is 6.92 Å². The molecule has 18 heavy (non-hydrogen) atoms. The molecule has 2 aromatic rings. The Morgan fingerprint density at radius 2 is 1.89 bits per heavy atom. The van der Waals surface area contributed by atoms with Crippen molar-refractivity contribution in [1.82, 2.24) is 4.57 Å². The van der Waals surface area contributed by atoms with Crippen molar-refractivity contribution < 1.29 is 13.2 Å². The lowest BCUT2D eigenvalue weighted by molar-refractivity contribution is -0.137. The number of aromatic nitrogens is 1. The summed E-state index contributed by atoms with van der Waals surface area (Å²) in [6.07, 6.45) is -0.422. The third-order valence-electron chi connectivity index (χ3n) is 3.15. The van der Waals surface area contributed by atoms with Crippen molar-refractivity contribution in [2.24, 2.45) is 0 Å². The maximum absolute atomic E-state index is 12.7. The molecule has 0 unspecified atom stereocenters. The quantitative estimate of drug-likeness (QED) is 0.753. The Bertz CT molecular complexity index is 552. The van der Waals surface area contributed by atoms with Crippen LogP contribution in [0.4, 0.5) is 13.2 Å². The van der Waals surface area contributed by atoms with Crippen LogP contribution in [0.1, 0.15) is 31.4 Å². The lowest BCUT2D eigenvalue weighted by Crippen LogP contribution is -2.04. The number of nitrogens with zero attached hydrogens (tertiary/aromatic N) is 1. The molecule has 0 fully saturated rings. The molecule has 0 saturated carbocycles. The van der Waals surface area contributed by atoms with Gasteiger partial charge in [-0.1, -0.05) is 19.4 Å². The van der Waals surface area contributed by atoms with Gasteiger partial charge in [0.05, 0.1) is 5.56 Å². The molecule has 1 nitrogen and oxygen atoms in total. The number of benzene rings is 1. The first-order valence-electron chi connectivity index (χ1n) is 6.16. The van der Waals surface area contributed by atoms with Gasteiger partial charge in [0.15, 0.2) is 0 Å². The van der Waals surface area contributed by atoms with Crippen molar-refractivity contribution >= 4 is 10.9 Å². The van der Waals surface area contributed by atoms with Gasteiger partial charge in [-0.25, -0.2) is 0 Å². The Balaban J connectivity index is 2.61. The molecule has 1 heterocycles. The van der Waals surface area contributed by atoms with E-state index in [-0.39, 0.29) is 0 Å². The highest BCUT2D eigenvalue weighted by Gasteiger charge is 2.30. The summed E-state index contributed by atoms with van der Waals surface area (Å²) in [6, 6.07) is 4.01. The largest absolute Gasteiger partial charge is 0.416 e. The highest BCUT2D eigenvalue weighted by molar-refractivity contribution is 5.84. The average Bonchev–Trinajstić information content (AvgIpc) is 2.66. The van der Waals surface area contributed by atoms with Gasteiger partial charge in [0.2, 0.25) is 0 Å². The Hall–Kier alpha value is -1.45. The molecule has 0 spiro atoms. The van der Waals surface area contributed by atoms with Crippen LogP contribution in [0.3, 0.4) is 0 Å². The van der Waals surface area contributed by atoms with Crippen LogP contribution in [-0.2, 0) is 19.1 Å². The standard InChI is InChI=1S/C14H16F3N/c1-3-5-10-9-18(4-2)13-8-11(14(15,16)17)6-7-12(10)13/h6-9H,3-5H2,1-2H3. The highest BCUT2D eigenvalue weighted by atomic mass is 19.4. The number of alkyl halides is 3. The van der Waals surface area contributed by atoms with Gasteiger partial charge in [0, 0.05) is 23.6 Å². The normalized spacial score (nSPS) is 12.3. The van der Waals surface area contributed by atoms with Crippen molar-refractivity contribution in [3.05, 3.63) is 35.5 Å². The van der Waals surface area contributed by atoms with Gasteiger partial charge in [-0.15, -0.1) is 0 Å². The summed E-state index contributed by atoms with van der Waals surface area (Å²) in [5, 5.41) is 0.937. The third kappa shape index (κ3) is 2.24. The van der Waals surface area contributed by atoms with E-state index in [1.807, 2.05) is 17.7 Å². The summed E-state index contributed by atoms with van der Waals surface area (Å²) >= 11 is 0. The van der Waals surface area contributed by atoms with Crippen LogP contribution in [0.2, 0.25) is 0 Å². The summed E-state index contributed by atoms with van der Waals surface area (Å²) in [5.41, 5.74) is 1.23. The molecule has 0 saturated heterocycles. The number of rotatable bonds is 3. The zero-order valence-electron chi connectivity index (χ0n) is 10.5. The van der Waals surface area contributed by atoms with Crippen LogP contribution in [0.5, 0.6) is 0 Å². The van der Waals surface area contributed by atoms with Crippen molar-refractivity contribution in [2.45, 2.75) is 39.4 Å². The summed E-state index contributed by atoms with van der Waals surface area (Å²) in [5.74, 6) is 0. The second kappa shape index (κ2) is 4.67. The zero-order chi connectivity index (χ0) is 13.3. The van der Waals surface area contributed by atoms with Gasteiger partial charge in [0.1, 0.15) is 0 Å². The van der Waals surface area contributed by atoms with Crippen molar-refractivity contribution in [1.29, 1.82) is 0 Å². The monoisotopic (exact) mass is 255 g/mol. The number of hydrogen-bond donors (Lipinski definition) is 0. The van der Waals surface area contributed by atoms with Crippen LogP contribution >= 0.6 is 0 Å². The van der Waals surface area contributed by atoms with Gasteiger partial charge in [-0.2, -0.15) is 13.2 Å². The van der Waals surface area contributed by atoms with Crippen LogP contribution in [0.25, 0.3) is 10.9 Å². The molecule has 0 N–H and O–H groups in total. The van der Waals surface area contributed by atoms with E-state index in [1.54, 1.807) is 6.07 Å². The fraction of sp³-hybridized carbons (Fsp3) is 0.429. The van der Waals surface area contributed by atoms with Gasteiger partial charge < -0.3 is 4.57 Å². The first-order valence-corrected chi connectivity index (χ1v) is 6.16. The SMILES string of the molecule is CCCc1cn(CC)c2cc(C(F)(F)F)ccc12. The molecule has 0 bridgehead atoms. The summed E-state index contributed by atoms with van der Waals surface area (Å²) in [7, 11) is 0. The predicted octanol–water partition coefficient (Wildman–Crippen LogP) is 4.63. The fourth-order valence-electron chi connectivity index (χ4n) is 2.27. The van der Waals surface area contributed by atoms with Crippen LogP contribution in [-0.4, -0.2) is 4.57 Å². The Kier molecular flexibility index (Phi) is 3.37. The molecule has 0 radical (unpaired) electrons. The van der Waals surface area contributed by atoms with Gasteiger partial charge >= 0.3 is 6.18 Å². The topological polar surface area (TPSA) is 4.93 Å². The van der Waals surface area contributed by atoms with Crippen LogP contribution in [0.15, 0.2) is 24.4 Å². The summed E-state index contributed by atoms with van der Waals surface area (Å²) < 4.78 is 40.0. The average molecular weight is 255 g/mol. The first kappa shape index (κ1) is 13.0. The number of hydrogen-bond acceptors (Lipinski definition) is 0. The molecular formula is C14H16F3N. The molecular weight excluding hydrogens is 239 g/mol. The number of aryl methyl sites for hydroxylation is 2. The molecule has 1 aromatic carbocycles. The Morgan fingerprint density at radius 1 is 1.17 bits per heavy atom. The lowest BCUT2D eigenvalue weighted by Gasteiger charge is -2.08. The minimum absolute atomic E-state index is 0.578. The van der Waals surface area contributed by atoms with E-state index in [1.165, 1.54) is 12.1 Å². The molecule has 0 aliphatic carbocycles. The van der Waals surface area contributed by atoms with E-state index in [4.69, 9.17) is 0 Å². The first-order chi connectivity index (χ1) is 8.47. The second-order valence-electron chi connectivity index (χ2n) is 4.42. The molecule has 0 aliphatic rings. The zero-order valence-corrected chi connectivity index (χ0v) is 10.5. The fourth-order valence-corrected chi connectivity index (χ4v) is 2.27. The second-order valence-corrected chi connectivity index (χ2v) is 4.42. The van der Waals surface area contributed by atoms with Crippen LogP contribution in [0, 0.1) is 0 Å². The third-order valence-corrected chi connectivity index (χ3v) is 3.15. The summed E-state index contributed by atoms with van der Waals surface area (Å²) in [6.45, 7) is 4.69. The van der Waals surface area contributed by atoms with Crippen molar-refractivity contribution in [2.75, 3.05) is 0 Å². The van der Waals surface area contributed by atoms with E-state index in [0.717, 1.165) is 23.8 Å². The molecule has 4 heteroatoms. The lowest BCUT2D eigenvalue weighted by atomic mass is 10.1. The molecule has 2 rings (SSSR count). The molecule has 0 amide bonds. The molecule has 0 aliphatic heterocycles. The minimum atomic E-state index is -4.28. The van der Waals surface area contributed by atoms with Crippen molar-refractivity contribution in [3.8, 4) is 0 Å². The van der Waals surface area contributed by atoms with Crippen LogP contribution < -0.4 is 0 Å². The maximum atomic E-state index is 12.7. The molecule has 98 valence electrons. The van der Waals surface area contributed by atoms with Gasteiger partial charge in [-0.05, 0) is 31.0 Å². The smallest absolute Gasteiger partial charge is 0.347 e. The van der Waals surface area contributed by atoms with E-state index in [9.17, 15) is 13.2 Å². The van der Waals surface area contributed by atoms with E-state index < -0.39 is 11.7 Å². The minimum Gasteiger partial charge on any atom is -0.347 e. The van der Waals surface area contributed by atoms with Gasteiger partial charge in [-0.3, -0.25) is 0 Å². The van der Waals surface area contributed by atoms with E-state index in [0.29, 0.717) is 12.1 Å². The Morgan fingerprint density at radius 3 is 2.44 bits per heavy atom. The van der Waals surface area contributed by atoms with Gasteiger partial charge in [0.25, 0.3) is 0 Å². The molecule has 1 aromatic heterocycles. The summed E-state index contributed by atoms with van der Waals surface area (Å²) in [4.78, 5) is 0. The number of fused-ring (bicyclic) bond motifs is 1. The Labute approximate surface area is 104 Å². The molecule has 0 atom stereocenters.